The van der Waals surface area contributed by atoms with Crippen molar-refractivity contribution in [1.29, 1.82) is 0 Å². The molecule has 3 fully saturated rings. The highest BCUT2D eigenvalue weighted by Crippen LogP contribution is 2.58. The molecular formula is C57H92O10SSi3. The van der Waals surface area contributed by atoms with Gasteiger partial charge in [0.05, 0.1) is 61.3 Å². The molecule has 0 radical (unpaired) electrons. The zero-order valence-electron chi connectivity index (χ0n) is 46.1. The molecule has 3 saturated heterocycles. The Balaban J connectivity index is 1.43. The van der Waals surface area contributed by atoms with E-state index < -0.39 is 64.4 Å². The van der Waals surface area contributed by atoms with Crippen LogP contribution in [-0.2, 0) is 59.7 Å². The summed E-state index contributed by atoms with van der Waals surface area (Å²) in [6.07, 6.45) is -0.867. The van der Waals surface area contributed by atoms with Crippen LogP contribution in [0, 0.1) is 6.92 Å². The second kappa shape index (κ2) is 24.3. The van der Waals surface area contributed by atoms with Crippen molar-refractivity contribution in [2.75, 3.05) is 13.2 Å². The topological polar surface area (TPSA) is 111 Å². The molecule has 2 unspecified atom stereocenters. The fraction of sp³-hybridized carbons (Fsp3) is 0.684. The number of rotatable bonds is 24. The van der Waals surface area contributed by atoms with E-state index in [4.69, 9.17) is 36.7 Å². The molecule has 10 nitrogen and oxygen atoms in total. The Hall–Kier alpha value is -2.06. The van der Waals surface area contributed by atoms with Gasteiger partial charge >= 0.3 is 8.56 Å². The van der Waals surface area contributed by atoms with E-state index in [-0.39, 0.29) is 39.7 Å². The maximum Gasteiger partial charge on any atom is 0.349 e. The van der Waals surface area contributed by atoms with E-state index in [0.717, 1.165) is 46.9 Å². The van der Waals surface area contributed by atoms with E-state index in [1.165, 1.54) is 0 Å². The molecular weight excluding hydrogens is 961 g/mol. The van der Waals surface area contributed by atoms with Crippen LogP contribution in [0.1, 0.15) is 139 Å². The number of hydrogen-bond acceptors (Lipinski definition) is 10. The minimum absolute atomic E-state index is 0.0946. The summed E-state index contributed by atoms with van der Waals surface area (Å²) in [5.74, 6) is 0. The quantitative estimate of drug-likeness (QED) is 0.0488. The van der Waals surface area contributed by atoms with E-state index in [1.54, 1.807) is 12.1 Å². The van der Waals surface area contributed by atoms with Crippen molar-refractivity contribution in [3.63, 3.8) is 0 Å². The van der Waals surface area contributed by atoms with E-state index in [2.05, 4.69) is 114 Å². The van der Waals surface area contributed by atoms with Gasteiger partial charge in [-0.25, -0.2) is 8.42 Å². The summed E-state index contributed by atoms with van der Waals surface area (Å²) in [4.78, 5) is -1.38. The highest BCUT2D eigenvalue weighted by molar-refractivity contribution is 7.93. The summed E-state index contributed by atoms with van der Waals surface area (Å²) >= 11 is 0. The summed E-state index contributed by atoms with van der Waals surface area (Å²) in [6.45, 7) is 32.9. The van der Waals surface area contributed by atoms with Crippen molar-refractivity contribution in [2.24, 2.45) is 0 Å². The molecule has 0 spiro atoms. The van der Waals surface area contributed by atoms with E-state index >= 15 is 8.42 Å². The van der Waals surface area contributed by atoms with E-state index in [9.17, 15) is 0 Å². The van der Waals surface area contributed by atoms with Crippen molar-refractivity contribution < 1.29 is 45.1 Å². The van der Waals surface area contributed by atoms with Gasteiger partial charge in [-0.15, -0.1) is 0 Å². The molecule has 3 aliphatic rings. The van der Waals surface area contributed by atoms with Gasteiger partial charge in [-0.05, 0) is 85.2 Å². The second-order valence-electron chi connectivity index (χ2n) is 23.2. The molecule has 14 heteroatoms. The summed E-state index contributed by atoms with van der Waals surface area (Å²) in [7, 11) is -11.7. The minimum atomic E-state index is -4.14. The molecule has 398 valence electrons. The van der Waals surface area contributed by atoms with Crippen LogP contribution in [0.15, 0.2) is 89.8 Å². The third-order valence-corrected chi connectivity index (χ3v) is 33.9. The van der Waals surface area contributed by atoms with Gasteiger partial charge < -0.3 is 36.7 Å². The van der Waals surface area contributed by atoms with Crippen LogP contribution >= 0.6 is 0 Å². The number of epoxide rings is 1. The largest absolute Gasteiger partial charge is 0.411 e. The Labute approximate surface area is 433 Å². The molecule has 3 aromatic rings. The first kappa shape index (κ1) is 58.2. The van der Waals surface area contributed by atoms with Gasteiger partial charge in [-0.2, -0.15) is 0 Å². The number of hydrogen-bond donors (Lipinski definition) is 0. The zero-order chi connectivity index (χ0) is 51.9. The first-order valence-corrected chi connectivity index (χ1v) is 35.4. The average molecular weight is 1050 g/mol. The van der Waals surface area contributed by atoms with Crippen LogP contribution < -0.4 is 0 Å². The molecule has 0 saturated carbocycles. The maximum atomic E-state index is 15.8. The normalized spacial score (nSPS) is 26.6. The van der Waals surface area contributed by atoms with Crippen molar-refractivity contribution in [1.82, 2.24) is 0 Å². The number of benzene rings is 3. The van der Waals surface area contributed by atoms with Crippen LogP contribution in [-0.4, -0.2) is 94.5 Å². The third-order valence-electron chi connectivity index (χ3n) is 16.5. The Morgan fingerprint density at radius 2 is 1.27 bits per heavy atom. The number of aryl methyl sites for hydroxylation is 1. The summed E-state index contributed by atoms with van der Waals surface area (Å²) in [5.41, 5.74) is 3.54. The van der Waals surface area contributed by atoms with Crippen molar-refractivity contribution in [2.45, 2.75) is 241 Å². The maximum absolute atomic E-state index is 15.8. The fourth-order valence-electron chi connectivity index (χ4n) is 11.8. The minimum Gasteiger partial charge on any atom is -0.411 e. The van der Waals surface area contributed by atoms with Gasteiger partial charge in [0, 0.05) is 29.5 Å². The molecule has 0 bridgehead atoms. The van der Waals surface area contributed by atoms with Crippen LogP contribution in [0.25, 0.3) is 0 Å². The Morgan fingerprint density at radius 1 is 0.704 bits per heavy atom. The molecule has 6 rings (SSSR count). The summed E-state index contributed by atoms with van der Waals surface area (Å²) in [5, 5.41) is -0.587. The lowest BCUT2D eigenvalue weighted by Gasteiger charge is -2.55. The Morgan fingerprint density at radius 3 is 1.80 bits per heavy atom. The zero-order valence-corrected chi connectivity index (χ0v) is 49.9. The first-order valence-electron chi connectivity index (χ1n) is 27.2. The molecule has 71 heavy (non-hydrogen) atoms. The predicted octanol–water partition coefficient (Wildman–Crippen LogP) is 14.0. The standard InChI is InChI=1S/C57H92O10SSi3/c1-15-69(16-2,17-3)65-50-35-34-48(61-41-46-28-24-21-25-29-46)49(36-37-60-40-45-26-22-20-23-27-45)63-52(50)39-57(68(58,59)47-32-30-44(8)31-33-47)54(64-57)38-51-53(66-70(18-4,19-5)43(6)7)42-62-71(67-51,55(9,10)11)56(12,13)14/h20-33,43,48-54H,15-19,34-42H2,1-14H3/t48-,49+,50+,51+,52-,53-,54?,57?/m1/s1. The van der Waals surface area contributed by atoms with Crippen LogP contribution in [0.5, 0.6) is 0 Å². The lowest BCUT2D eigenvalue weighted by molar-refractivity contribution is -0.124. The summed E-state index contributed by atoms with van der Waals surface area (Å²) < 4.78 is 88.8. The second-order valence-corrected chi connectivity index (χ2v) is 39.8. The van der Waals surface area contributed by atoms with Crippen molar-refractivity contribution >= 4 is 35.0 Å². The molecule has 0 amide bonds. The highest BCUT2D eigenvalue weighted by atomic mass is 32.2. The SMILES string of the molecule is CC[Si](CC)(CC)O[C@H]1CC[C@@H](OCc2ccccc2)[C@H](CCOCc2ccccc2)O[C@@H]1CC1(S(=O)(=O)c2ccc(C)cc2)OC1C[C@@H]1O[Si](C(C)(C)C)(C(C)(C)C)OC[C@H]1O[Si](CC)(CC)C(C)C. The van der Waals surface area contributed by atoms with E-state index in [1.807, 2.05) is 55.5 Å². The predicted molar refractivity (Wildman–Crippen MR) is 294 cm³/mol. The lowest BCUT2D eigenvalue weighted by Crippen LogP contribution is -2.66. The Bertz CT molecular complexity index is 2170. The Kier molecular flexibility index (Phi) is 19.9. The van der Waals surface area contributed by atoms with Gasteiger partial charge in [0.1, 0.15) is 6.10 Å². The first-order chi connectivity index (χ1) is 33.6. The van der Waals surface area contributed by atoms with Crippen LogP contribution in [0.3, 0.4) is 0 Å². The van der Waals surface area contributed by atoms with Crippen molar-refractivity contribution in [3.8, 4) is 0 Å². The van der Waals surface area contributed by atoms with Gasteiger partial charge in [0.15, 0.2) is 16.6 Å². The van der Waals surface area contributed by atoms with Gasteiger partial charge in [0.25, 0.3) is 0 Å². The van der Waals surface area contributed by atoms with E-state index in [0.29, 0.717) is 57.7 Å². The smallest absolute Gasteiger partial charge is 0.349 e. The molecule has 0 aromatic heterocycles. The van der Waals surface area contributed by atoms with Crippen LogP contribution in [0.4, 0.5) is 0 Å². The molecule has 3 aliphatic heterocycles. The molecule has 3 aromatic carbocycles. The molecule has 0 aliphatic carbocycles. The molecule has 8 atom stereocenters. The van der Waals surface area contributed by atoms with Crippen molar-refractivity contribution in [3.05, 3.63) is 102 Å². The third kappa shape index (κ3) is 13.1. The highest BCUT2D eigenvalue weighted by Gasteiger charge is 2.70. The fourth-order valence-corrected chi connectivity index (χ4v) is 25.2. The molecule has 3 heterocycles. The number of sulfone groups is 1. The van der Waals surface area contributed by atoms with Gasteiger partial charge in [0.2, 0.25) is 14.8 Å². The number of ether oxygens (including phenoxy) is 4. The van der Waals surface area contributed by atoms with Gasteiger partial charge in [-0.1, -0.05) is 168 Å². The van der Waals surface area contributed by atoms with Crippen LogP contribution in [0.2, 0.25) is 45.8 Å². The molecule has 0 N–H and O–H groups in total. The lowest BCUT2D eigenvalue weighted by atomic mass is 9.99. The summed E-state index contributed by atoms with van der Waals surface area (Å²) in [6, 6.07) is 32.4. The average Bonchev–Trinajstić information content (AvgIpc) is 4.08. The monoisotopic (exact) mass is 1050 g/mol. The van der Waals surface area contributed by atoms with Gasteiger partial charge in [-0.3, -0.25) is 0 Å².